The lowest BCUT2D eigenvalue weighted by Crippen LogP contribution is -1.93. The van der Waals surface area contributed by atoms with Crippen LogP contribution in [0.4, 0.5) is 0 Å². The van der Waals surface area contributed by atoms with Gasteiger partial charge in [-0.3, -0.25) is 4.40 Å². The van der Waals surface area contributed by atoms with Gasteiger partial charge in [-0.25, -0.2) is 4.98 Å². The van der Waals surface area contributed by atoms with Crippen LogP contribution in [0.2, 0.25) is 0 Å². The lowest BCUT2D eigenvalue weighted by atomic mass is 10.1. The Morgan fingerprint density at radius 3 is 2.42 bits per heavy atom. The van der Waals surface area contributed by atoms with E-state index in [1.807, 2.05) is 39.0 Å². The second-order valence-electron chi connectivity index (χ2n) is 5.33. The number of pyridine rings is 1. The third-order valence-corrected chi connectivity index (χ3v) is 3.69. The highest BCUT2D eigenvalue weighted by atomic mass is 16.5. The van der Waals surface area contributed by atoms with Crippen molar-refractivity contribution in [2.24, 2.45) is 0 Å². The SMILES string of the molecule is CC.CCOC=Cc1c(-c2ccc(C)cc2)nc2cccc(C)n12. The zero-order valence-corrected chi connectivity index (χ0v) is 15.2. The van der Waals surface area contributed by atoms with Crippen molar-refractivity contribution < 1.29 is 4.74 Å². The summed E-state index contributed by atoms with van der Waals surface area (Å²) in [5.74, 6) is 0. The summed E-state index contributed by atoms with van der Waals surface area (Å²) in [5, 5.41) is 0. The Kier molecular flexibility index (Phi) is 6.19. The van der Waals surface area contributed by atoms with Crippen LogP contribution in [-0.4, -0.2) is 16.0 Å². The number of benzene rings is 1. The molecule has 0 aliphatic carbocycles. The van der Waals surface area contributed by atoms with Gasteiger partial charge in [0.05, 0.1) is 24.3 Å². The molecule has 1 aromatic carbocycles. The number of aryl methyl sites for hydroxylation is 2. The Labute approximate surface area is 144 Å². The average Bonchev–Trinajstić information content (AvgIpc) is 2.98. The third-order valence-electron chi connectivity index (χ3n) is 3.69. The van der Waals surface area contributed by atoms with Crippen LogP contribution >= 0.6 is 0 Å². The fourth-order valence-electron chi connectivity index (χ4n) is 2.57. The average molecular weight is 322 g/mol. The van der Waals surface area contributed by atoms with Crippen molar-refractivity contribution in [3.8, 4) is 11.3 Å². The summed E-state index contributed by atoms with van der Waals surface area (Å²) < 4.78 is 7.54. The summed E-state index contributed by atoms with van der Waals surface area (Å²) in [4.78, 5) is 4.81. The minimum Gasteiger partial charge on any atom is -0.501 e. The highest BCUT2D eigenvalue weighted by Gasteiger charge is 2.13. The van der Waals surface area contributed by atoms with Crippen LogP contribution in [0.1, 0.15) is 37.7 Å². The molecule has 3 aromatic rings. The maximum absolute atomic E-state index is 5.38. The number of hydrogen-bond acceptors (Lipinski definition) is 2. The molecule has 3 nitrogen and oxygen atoms in total. The molecule has 0 aliphatic rings. The summed E-state index contributed by atoms with van der Waals surface area (Å²) in [6.07, 6.45) is 3.74. The van der Waals surface area contributed by atoms with Crippen LogP contribution in [0.15, 0.2) is 48.7 Å². The molecule has 24 heavy (non-hydrogen) atoms. The molecule has 3 heteroatoms. The van der Waals surface area contributed by atoms with Crippen LogP contribution in [-0.2, 0) is 4.74 Å². The van der Waals surface area contributed by atoms with E-state index in [-0.39, 0.29) is 0 Å². The molecule has 3 rings (SSSR count). The van der Waals surface area contributed by atoms with Gasteiger partial charge >= 0.3 is 0 Å². The van der Waals surface area contributed by atoms with Gasteiger partial charge in [-0.05, 0) is 39.0 Å². The molecule has 0 saturated heterocycles. The third kappa shape index (κ3) is 3.67. The highest BCUT2D eigenvalue weighted by molar-refractivity contribution is 5.74. The Morgan fingerprint density at radius 1 is 1.04 bits per heavy atom. The molecule has 126 valence electrons. The standard InChI is InChI=1S/C19H20N2O.C2H6/c1-4-22-13-12-17-19(16-10-8-14(2)9-11-16)20-18-7-5-6-15(3)21(17)18;1-2/h5-13H,4H2,1-3H3;1-2H3. The molecule has 0 spiro atoms. The van der Waals surface area contributed by atoms with Crippen molar-refractivity contribution in [1.82, 2.24) is 9.38 Å². The van der Waals surface area contributed by atoms with E-state index in [0.717, 1.165) is 28.3 Å². The van der Waals surface area contributed by atoms with Gasteiger partial charge in [-0.1, -0.05) is 49.7 Å². The quantitative estimate of drug-likeness (QED) is 0.580. The van der Waals surface area contributed by atoms with E-state index in [9.17, 15) is 0 Å². The largest absolute Gasteiger partial charge is 0.501 e. The van der Waals surface area contributed by atoms with Gasteiger partial charge in [0.15, 0.2) is 0 Å². The van der Waals surface area contributed by atoms with Gasteiger partial charge < -0.3 is 4.74 Å². The number of fused-ring (bicyclic) bond motifs is 1. The smallest absolute Gasteiger partial charge is 0.138 e. The van der Waals surface area contributed by atoms with Gasteiger partial charge in [0, 0.05) is 11.3 Å². The first-order chi connectivity index (χ1) is 11.7. The predicted molar refractivity (Wildman–Crippen MR) is 102 cm³/mol. The number of ether oxygens (including phenoxy) is 1. The maximum Gasteiger partial charge on any atom is 0.138 e. The van der Waals surface area contributed by atoms with E-state index in [2.05, 4.69) is 48.6 Å². The Balaban J connectivity index is 0.00000100. The Morgan fingerprint density at radius 2 is 1.75 bits per heavy atom. The number of imidazole rings is 1. The van der Waals surface area contributed by atoms with Crippen molar-refractivity contribution >= 4 is 11.7 Å². The first-order valence-electron chi connectivity index (χ1n) is 8.54. The Bertz CT molecular complexity index is 814. The Hall–Kier alpha value is -2.55. The minimum atomic E-state index is 0.659. The van der Waals surface area contributed by atoms with Crippen molar-refractivity contribution in [1.29, 1.82) is 0 Å². The molecule has 2 aromatic heterocycles. The zero-order valence-electron chi connectivity index (χ0n) is 15.2. The predicted octanol–water partition coefficient (Wildman–Crippen LogP) is 5.65. The number of rotatable bonds is 4. The van der Waals surface area contributed by atoms with Crippen LogP contribution in [0.25, 0.3) is 23.0 Å². The number of nitrogens with zero attached hydrogens (tertiary/aromatic N) is 2. The van der Waals surface area contributed by atoms with E-state index in [1.165, 1.54) is 5.56 Å². The van der Waals surface area contributed by atoms with E-state index < -0.39 is 0 Å². The van der Waals surface area contributed by atoms with Crippen molar-refractivity contribution in [2.75, 3.05) is 6.61 Å². The van der Waals surface area contributed by atoms with Crippen LogP contribution in [0, 0.1) is 13.8 Å². The molecule has 0 saturated carbocycles. The normalized spacial score (nSPS) is 10.7. The molecular weight excluding hydrogens is 296 g/mol. The van der Waals surface area contributed by atoms with E-state index in [4.69, 9.17) is 9.72 Å². The minimum absolute atomic E-state index is 0.659. The lowest BCUT2D eigenvalue weighted by Gasteiger charge is -2.04. The second-order valence-corrected chi connectivity index (χ2v) is 5.33. The summed E-state index contributed by atoms with van der Waals surface area (Å²) in [6.45, 7) is 10.8. The van der Waals surface area contributed by atoms with Crippen molar-refractivity contribution in [3.63, 3.8) is 0 Å². The van der Waals surface area contributed by atoms with Gasteiger partial charge in [0.25, 0.3) is 0 Å². The summed E-state index contributed by atoms with van der Waals surface area (Å²) in [6, 6.07) is 14.6. The molecule has 0 atom stereocenters. The number of hydrogen-bond donors (Lipinski definition) is 0. The van der Waals surface area contributed by atoms with E-state index in [1.54, 1.807) is 6.26 Å². The highest BCUT2D eigenvalue weighted by Crippen LogP contribution is 2.27. The van der Waals surface area contributed by atoms with Crippen LogP contribution < -0.4 is 0 Å². The summed E-state index contributed by atoms with van der Waals surface area (Å²) >= 11 is 0. The van der Waals surface area contributed by atoms with Gasteiger partial charge in [0.1, 0.15) is 5.65 Å². The van der Waals surface area contributed by atoms with Crippen molar-refractivity contribution in [3.05, 3.63) is 65.7 Å². The summed E-state index contributed by atoms with van der Waals surface area (Å²) in [5.41, 5.74) is 6.49. The van der Waals surface area contributed by atoms with Crippen molar-refractivity contribution in [2.45, 2.75) is 34.6 Å². The molecule has 0 fully saturated rings. The lowest BCUT2D eigenvalue weighted by molar-refractivity contribution is 0.272. The molecule has 0 aliphatic heterocycles. The first kappa shape index (κ1) is 17.8. The molecule has 0 N–H and O–H groups in total. The zero-order chi connectivity index (χ0) is 17.5. The summed E-state index contributed by atoms with van der Waals surface area (Å²) in [7, 11) is 0. The fourth-order valence-corrected chi connectivity index (χ4v) is 2.57. The van der Waals surface area contributed by atoms with Gasteiger partial charge in [-0.2, -0.15) is 0 Å². The molecule has 0 amide bonds. The molecule has 0 bridgehead atoms. The topological polar surface area (TPSA) is 26.5 Å². The fraction of sp³-hybridized carbons (Fsp3) is 0.286. The molecule has 2 heterocycles. The monoisotopic (exact) mass is 322 g/mol. The molecule has 0 radical (unpaired) electrons. The van der Waals surface area contributed by atoms with E-state index >= 15 is 0 Å². The number of aromatic nitrogens is 2. The van der Waals surface area contributed by atoms with Gasteiger partial charge in [0.2, 0.25) is 0 Å². The van der Waals surface area contributed by atoms with Crippen LogP contribution in [0.3, 0.4) is 0 Å². The molecule has 0 unspecified atom stereocenters. The first-order valence-corrected chi connectivity index (χ1v) is 8.54. The maximum atomic E-state index is 5.38. The molecular formula is C21H26N2O. The van der Waals surface area contributed by atoms with Crippen LogP contribution in [0.5, 0.6) is 0 Å². The van der Waals surface area contributed by atoms with E-state index in [0.29, 0.717) is 6.61 Å². The van der Waals surface area contributed by atoms with Gasteiger partial charge in [-0.15, -0.1) is 0 Å². The second kappa shape index (κ2) is 8.34.